The fraction of sp³-hybridized carbons (Fsp3) is 0.269. The second kappa shape index (κ2) is 10.8. The van der Waals surface area contributed by atoms with Crippen molar-refractivity contribution in [1.82, 2.24) is 9.13 Å². The van der Waals surface area contributed by atoms with Gasteiger partial charge in [0.1, 0.15) is 29.6 Å². The van der Waals surface area contributed by atoms with Gasteiger partial charge in [-0.05, 0) is 37.6 Å². The largest absolute Gasteiger partial charge is 0.338 e. The van der Waals surface area contributed by atoms with Crippen molar-refractivity contribution in [1.29, 1.82) is 0 Å². The summed E-state index contributed by atoms with van der Waals surface area (Å²) < 4.78 is 29.7. The maximum Gasteiger partial charge on any atom is 0.333 e. The van der Waals surface area contributed by atoms with Gasteiger partial charge in [0.2, 0.25) is 11.8 Å². The minimum atomic E-state index is -0.991. The Kier molecular flexibility index (Phi) is 7.51. The molecule has 0 saturated carbocycles. The summed E-state index contributed by atoms with van der Waals surface area (Å²) in [7, 11) is 0. The molecule has 1 aromatic heterocycles. The van der Waals surface area contributed by atoms with E-state index in [1.807, 2.05) is 0 Å². The normalized spacial score (nSPS) is 14.4. The minimum Gasteiger partial charge on any atom is -0.338 e. The van der Waals surface area contributed by atoms with E-state index in [2.05, 4.69) is 10.6 Å². The number of hydrogen-bond acceptors (Lipinski definition) is 6. The van der Waals surface area contributed by atoms with Crippen LogP contribution in [0.2, 0.25) is 0 Å². The molecule has 2 heterocycles. The smallest absolute Gasteiger partial charge is 0.333 e. The second-order valence-corrected chi connectivity index (χ2v) is 8.75. The summed E-state index contributed by atoms with van der Waals surface area (Å²) in [6.45, 7) is 2.15. The van der Waals surface area contributed by atoms with Gasteiger partial charge in [0.15, 0.2) is 5.78 Å². The molecule has 0 radical (unpaired) electrons. The van der Waals surface area contributed by atoms with Crippen LogP contribution in [0, 0.1) is 11.6 Å². The SMILES string of the molecule is CCCn1c2c(c(=O)n(CC(=O)Nc3ccccc3F)c1=O)C(=O)C(C)N2CC(=O)Nc1ccccc1F. The van der Waals surface area contributed by atoms with Crippen LogP contribution in [-0.4, -0.2) is 39.3 Å². The van der Waals surface area contributed by atoms with E-state index in [1.165, 1.54) is 52.8 Å². The zero-order valence-electron chi connectivity index (χ0n) is 20.7. The molecule has 0 aliphatic carbocycles. The van der Waals surface area contributed by atoms with Crippen molar-refractivity contribution < 1.29 is 23.2 Å². The van der Waals surface area contributed by atoms with Crippen LogP contribution in [0.15, 0.2) is 58.1 Å². The first-order valence-electron chi connectivity index (χ1n) is 11.9. The maximum atomic E-state index is 14.0. The highest BCUT2D eigenvalue weighted by Gasteiger charge is 2.41. The van der Waals surface area contributed by atoms with Gasteiger partial charge >= 0.3 is 5.69 Å². The lowest BCUT2D eigenvalue weighted by Crippen LogP contribution is -2.46. The van der Waals surface area contributed by atoms with E-state index in [1.54, 1.807) is 13.0 Å². The van der Waals surface area contributed by atoms with Gasteiger partial charge in [-0.25, -0.2) is 18.1 Å². The lowest BCUT2D eigenvalue weighted by Gasteiger charge is -2.25. The predicted molar refractivity (Wildman–Crippen MR) is 136 cm³/mol. The topological polar surface area (TPSA) is 123 Å². The summed E-state index contributed by atoms with van der Waals surface area (Å²) in [5.74, 6) is -3.50. The average molecular weight is 526 g/mol. The van der Waals surface area contributed by atoms with Crippen LogP contribution in [-0.2, 0) is 22.7 Å². The molecule has 10 nitrogen and oxygen atoms in total. The first-order chi connectivity index (χ1) is 18.1. The number of nitrogens with one attached hydrogen (secondary N) is 2. The summed E-state index contributed by atoms with van der Waals surface area (Å²) in [6.07, 6.45) is 0.434. The molecule has 0 fully saturated rings. The Morgan fingerprint density at radius 1 is 0.842 bits per heavy atom. The molecule has 2 aromatic carbocycles. The fourth-order valence-corrected chi connectivity index (χ4v) is 4.32. The molecule has 1 aliphatic rings. The van der Waals surface area contributed by atoms with E-state index in [4.69, 9.17) is 0 Å². The highest BCUT2D eigenvalue weighted by Crippen LogP contribution is 2.29. The first kappa shape index (κ1) is 26.5. The number of para-hydroxylation sites is 2. The number of amides is 2. The van der Waals surface area contributed by atoms with Crippen molar-refractivity contribution in [2.75, 3.05) is 22.1 Å². The Balaban J connectivity index is 1.69. The average Bonchev–Trinajstić information content (AvgIpc) is 3.12. The van der Waals surface area contributed by atoms with Crippen LogP contribution < -0.4 is 26.8 Å². The van der Waals surface area contributed by atoms with E-state index in [-0.39, 0.29) is 29.3 Å². The molecule has 1 unspecified atom stereocenters. The van der Waals surface area contributed by atoms with E-state index < -0.39 is 59.6 Å². The van der Waals surface area contributed by atoms with E-state index in [0.717, 1.165) is 6.07 Å². The van der Waals surface area contributed by atoms with Crippen molar-refractivity contribution in [2.45, 2.75) is 39.4 Å². The predicted octanol–water partition coefficient (Wildman–Crippen LogP) is 2.37. The number of hydrogen-bond donors (Lipinski definition) is 2. The van der Waals surface area contributed by atoms with E-state index in [9.17, 15) is 32.8 Å². The third kappa shape index (κ3) is 4.97. The number of rotatable bonds is 8. The molecule has 12 heteroatoms. The van der Waals surface area contributed by atoms with Crippen LogP contribution in [0.5, 0.6) is 0 Å². The van der Waals surface area contributed by atoms with Gasteiger partial charge in [-0.15, -0.1) is 0 Å². The van der Waals surface area contributed by atoms with Crippen LogP contribution in [0.25, 0.3) is 0 Å². The number of anilines is 3. The summed E-state index contributed by atoms with van der Waals surface area (Å²) in [5, 5.41) is 4.74. The third-order valence-corrected chi connectivity index (χ3v) is 6.12. The fourth-order valence-electron chi connectivity index (χ4n) is 4.32. The van der Waals surface area contributed by atoms with Gasteiger partial charge in [-0.2, -0.15) is 0 Å². The molecule has 4 rings (SSSR count). The van der Waals surface area contributed by atoms with E-state index in [0.29, 0.717) is 11.0 Å². The molecular formula is C26H25F2N5O5. The Bertz CT molecular complexity index is 1550. The number of aromatic nitrogens is 2. The number of benzene rings is 2. The van der Waals surface area contributed by atoms with Gasteiger partial charge in [0.25, 0.3) is 5.56 Å². The molecule has 1 aliphatic heterocycles. The van der Waals surface area contributed by atoms with Crippen LogP contribution in [0.3, 0.4) is 0 Å². The molecule has 1 atom stereocenters. The number of fused-ring (bicyclic) bond motifs is 1. The summed E-state index contributed by atoms with van der Waals surface area (Å²) in [5.41, 5.74) is -2.37. The number of carbonyl (C=O) groups excluding carboxylic acids is 3. The molecule has 0 bridgehead atoms. The molecule has 198 valence electrons. The number of halogens is 2. The highest BCUT2D eigenvalue weighted by atomic mass is 19.1. The van der Waals surface area contributed by atoms with Crippen LogP contribution in [0.4, 0.5) is 26.0 Å². The summed E-state index contributed by atoms with van der Waals surface area (Å²) in [6, 6.07) is 9.99. The molecule has 2 amide bonds. The monoisotopic (exact) mass is 525 g/mol. The van der Waals surface area contributed by atoms with Gasteiger partial charge in [-0.3, -0.25) is 23.7 Å². The Morgan fingerprint density at radius 3 is 1.89 bits per heavy atom. The Hall–Kier alpha value is -4.61. The zero-order chi connectivity index (χ0) is 27.6. The minimum absolute atomic E-state index is 0.0335. The lowest BCUT2D eigenvalue weighted by atomic mass is 10.1. The van der Waals surface area contributed by atoms with Crippen LogP contribution >= 0.6 is 0 Å². The van der Waals surface area contributed by atoms with Gasteiger partial charge < -0.3 is 15.5 Å². The number of ketones is 1. The quantitative estimate of drug-likeness (QED) is 0.466. The molecule has 38 heavy (non-hydrogen) atoms. The molecule has 3 aromatic rings. The van der Waals surface area contributed by atoms with Crippen LogP contribution in [0.1, 0.15) is 30.6 Å². The zero-order valence-corrected chi connectivity index (χ0v) is 20.7. The molecule has 0 spiro atoms. The number of nitrogens with zero attached hydrogens (tertiary/aromatic N) is 3. The Morgan fingerprint density at radius 2 is 1.37 bits per heavy atom. The second-order valence-electron chi connectivity index (χ2n) is 8.75. The van der Waals surface area contributed by atoms with Gasteiger partial charge in [-0.1, -0.05) is 31.2 Å². The highest BCUT2D eigenvalue weighted by molar-refractivity contribution is 6.11. The third-order valence-electron chi connectivity index (χ3n) is 6.12. The maximum absolute atomic E-state index is 14.0. The molecule has 0 saturated heterocycles. The summed E-state index contributed by atoms with van der Waals surface area (Å²) in [4.78, 5) is 66.5. The standard InChI is InChI=1S/C26H25F2N5O5/c1-3-12-31-24-22(23(36)15(2)32(24)13-20(34)29-18-10-6-4-8-16(18)27)25(37)33(26(31)38)14-21(35)30-19-11-7-5-9-17(19)28/h4-11,15H,3,12-14H2,1-2H3,(H,29,34)(H,30,35). The first-order valence-corrected chi connectivity index (χ1v) is 11.9. The van der Waals surface area contributed by atoms with Crippen molar-refractivity contribution in [2.24, 2.45) is 0 Å². The Labute approximate surface area is 215 Å². The number of Topliss-reactive ketones (excluding diaryl/α,β-unsaturated/α-hetero) is 1. The van der Waals surface area contributed by atoms with Crippen molar-refractivity contribution in [3.8, 4) is 0 Å². The van der Waals surface area contributed by atoms with E-state index >= 15 is 0 Å². The summed E-state index contributed by atoms with van der Waals surface area (Å²) >= 11 is 0. The molecular weight excluding hydrogens is 500 g/mol. The lowest BCUT2D eigenvalue weighted by molar-refractivity contribution is -0.117. The van der Waals surface area contributed by atoms with Gasteiger partial charge in [0.05, 0.1) is 24.0 Å². The van der Waals surface area contributed by atoms with Gasteiger partial charge in [0, 0.05) is 6.54 Å². The van der Waals surface area contributed by atoms with Crippen molar-refractivity contribution >= 4 is 34.8 Å². The van der Waals surface area contributed by atoms with Crippen molar-refractivity contribution in [3.05, 3.63) is 86.6 Å². The molecule has 2 N–H and O–H groups in total. The number of carbonyl (C=O) groups is 3. The van der Waals surface area contributed by atoms with Crippen molar-refractivity contribution in [3.63, 3.8) is 0 Å².